The molecule has 0 spiro atoms. The molecule has 0 saturated carbocycles. The summed E-state index contributed by atoms with van der Waals surface area (Å²) in [6, 6.07) is 0.974. The number of thiazole rings is 2. The van der Waals surface area contributed by atoms with Crippen LogP contribution in [0.5, 0.6) is 0 Å². The Hall–Kier alpha value is -7.27. The van der Waals surface area contributed by atoms with Crippen molar-refractivity contribution in [2.75, 3.05) is 0 Å². The fraction of sp³-hybridized carbons (Fsp3) is 0.740. The van der Waals surface area contributed by atoms with Gasteiger partial charge in [-0.15, -0.1) is 22.7 Å². The number of nitrogens with zero attached hydrogens (tertiary/aromatic N) is 15. The first-order chi connectivity index (χ1) is 57.2. The predicted molar refractivity (Wildman–Crippen MR) is 526 cm³/mol. The van der Waals surface area contributed by atoms with Crippen molar-refractivity contribution in [3.05, 3.63) is 116 Å². The molecule has 0 saturated heterocycles. The molecule has 6 amide bonds. The third-order valence-corrected chi connectivity index (χ3v) is 34.5. The van der Waals surface area contributed by atoms with Crippen LogP contribution in [0.2, 0.25) is 0 Å². The standard InChI is InChI=1S/2C20H32N2O.C17H29N3O.2C16H26N2OS.C15H26N4O/c1-11(2)17-13(5)15-16(14(6)21-17)19(7,8)20(9,10)22(12(3)4)18(15)23;1-11(2)16-14(6)13(5)15-17(21-16)18(23)22(12(3)4)20(9,10)19(15,7)8;1-10(2)13-12(5)14-15(21)19(11(3)4)16(6,7)17(8,9)20(14)18-13;1-9(2)13-17-12-11(20-13)14(19)18(10(3)4)16(7,8)15(12,5)6;1-9(2)13-17-11-12(20-13)15(5,6)16(7,8)18(10(3)4)14(11)19;1-9(2)11-16-12-13(20)18(10(3)4)14(5,6)15(7,8)19(12)17-11/h2*11-12H,1-10H3;10-11H,1-9H3;3*9-10H,1-8H3. The number of rotatable bonds is 12. The molecule has 6 aromatic heterocycles. The van der Waals surface area contributed by atoms with Crippen LogP contribution in [0.15, 0.2) is 0 Å². The van der Waals surface area contributed by atoms with Gasteiger partial charge >= 0.3 is 0 Å². The molecule has 0 aromatic carbocycles. The largest absolute Gasteiger partial charge is 0.330 e. The number of amides is 6. The molecule has 0 N–H and O–H groups in total. The zero-order valence-electron chi connectivity index (χ0n) is 89.4. The lowest BCUT2D eigenvalue weighted by atomic mass is 9.63. The van der Waals surface area contributed by atoms with Crippen molar-refractivity contribution in [1.29, 1.82) is 0 Å². The summed E-state index contributed by atoms with van der Waals surface area (Å²) >= 11 is 3.28. The van der Waals surface area contributed by atoms with Crippen molar-refractivity contribution >= 4 is 58.1 Å². The number of aryl methyl sites for hydroxylation is 1. The van der Waals surface area contributed by atoms with Gasteiger partial charge in [0.15, 0.2) is 5.82 Å². The van der Waals surface area contributed by atoms with Gasteiger partial charge in [0.1, 0.15) is 22.0 Å². The highest BCUT2D eigenvalue weighted by atomic mass is 32.1. The topological polar surface area (TPSA) is 222 Å². The Bertz CT molecular complexity index is 4880. The second-order valence-corrected chi connectivity index (χ2v) is 48.9. The third kappa shape index (κ3) is 17.2. The summed E-state index contributed by atoms with van der Waals surface area (Å²) in [7, 11) is 0. The number of fused-ring (bicyclic) bond motifs is 6. The van der Waals surface area contributed by atoms with E-state index in [0.717, 1.165) is 87.6 Å². The quantitative estimate of drug-likeness (QED) is 0.111. The maximum absolute atomic E-state index is 13.4. The van der Waals surface area contributed by atoms with Gasteiger partial charge in [0, 0.05) is 131 Å². The minimum Gasteiger partial charge on any atom is -0.330 e. The van der Waals surface area contributed by atoms with Crippen LogP contribution in [-0.2, 0) is 32.7 Å². The molecule has 21 nitrogen and oxygen atoms in total. The van der Waals surface area contributed by atoms with Gasteiger partial charge < -0.3 is 29.4 Å². The van der Waals surface area contributed by atoms with Gasteiger partial charge in [-0.1, -0.05) is 138 Å². The van der Waals surface area contributed by atoms with Gasteiger partial charge in [-0.05, 0) is 274 Å². The monoisotopic (exact) mass is 1790 g/mol. The van der Waals surface area contributed by atoms with Gasteiger partial charge in [-0.3, -0.25) is 38.4 Å². The summed E-state index contributed by atoms with van der Waals surface area (Å²) < 4.78 is 3.79. The second kappa shape index (κ2) is 35.7. The summed E-state index contributed by atoms with van der Waals surface area (Å²) in [6.07, 6.45) is 0. The number of hydrogen-bond acceptors (Lipinski definition) is 15. The van der Waals surface area contributed by atoms with Crippen molar-refractivity contribution in [3.8, 4) is 0 Å². The van der Waals surface area contributed by atoms with Crippen molar-refractivity contribution in [2.24, 2.45) is 0 Å². The van der Waals surface area contributed by atoms with Crippen LogP contribution in [0.4, 0.5) is 0 Å². The molecule has 12 heterocycles. The lowest BCUT2D eigenvalue weighted by molar-refractivity contribution is -0.0201. The molecule has 710 valence electrons. The number of pyridine rings is 2. The number of hydrogen-bond donors (Lipinski definition) is 0. The van der Waals surface area contributed by atoms with Gasteiger partial charge in [0.05, 0.1) is 43.6 Å². The van der Waals surface area contributed by atoms with E-state index in [9.17, 15) is 28.8 Å². The van der Waals surface area contributed by atoms with Crippen LogP contribution in [0, 0.1) is 34.6 Å². The first-order valence-electron chi connectivity index (χ1n) is 47.3. The maximum atomic E-state index is 13.4. The van der Waals surface area contributed by atoms with Crippen molar-refractivity contribution in [2.45, 2.75) is 505 Å². The Morgan fingerprint density at radius 3 is 1.06 bits per heavy atom. The van der Waals surface area contributed by atoms with Crippen LogP contribution in [0.1, 0.15) is 513 Å². The highest BCUT2D eigenvalue weighted by Gasteiger charge is 2.60. The highest BCUT2D eigenvalue weighted by Crippen LogP contribution is 2.54. The predicted octanol–water partition coefficient (Wildman–Crippen LogP) is 24.3. The first-order valence-corrected chi connectivity index (χ1v) is 49.0. The molecule has 6 aliphatic rings. The molecule has 0 fully saturated rings. The summed E-state index contributed by atoms with van der Waals surface area (Å²) in [4.78, 5) is 116. The Labute approximate surface area is 776 Å². The van der Waals surface area contributed by atoms with Crippen LogP contribution >= 0.6 is 22.7 Å². The van der Waals surface area contributed by atoms with Gasteiger partial charge in [-0.25, -0.2) is 24.6 Å². The lowest BCUT2D eigenvalue weighted by Crippen LogP contribution is -2.67. The average molecular weight is 1790 g/mol. The van der Waals surface area contributed by atoms with E-state index in [2.05, 4.69) is 352 Å². The molecular formula is C104H171N15O6S2. The van der Waals surface area contributed by atoms with E-state index in [1.165, 1.54) is 11.1 Å². The van der Waals surface area contributed by atoms with Crippen LogP contribution in [0.25, 0.3) is 0 Å². The summed E-state index contributed by atoms with van der Waals surface area (Å²) in [5.74, 6) is 3.64. The van der Waals surface area contributed by atoms with E-state index in [0.29, 0.717) is 46.8 Å². The highest BCUT2D eigenvalue weighted by molar-refractivity contribution is 7.14. The fourth-order valence-corrected chi connectivity index (χ4v) is 23.3. The van der Waals surface area contributed by atoms with E-state index in [1.54, 1.807) is 22.7 Å². The fourth-order valence-electron chi connectivity index (χ4n) is 20.8. The van der Waals surface area contributed by atoms with Crippen molar-refractivity contribution in [3.63, 3.8) is 0 Å². The molecule has 6 aromatic rings. The molecule has 23 heteroatoms. The Kier molecular flexibility index (Phi) is 30.0. The van der Waals surface area contributed by atoms with Crippen LogP contribution in [0.3, 0.4) is 0 Å². The summed E-state index contributed by atoms with van der Waals surface area (Å²) in [5.41, 5.74) is 12.2. The smallest absolute Gasteiger partial charge is 0.292 e. The number of aromatic nitrogens is 9. The van der Waals surface area contributed by atoms with Gasteiger partial charge in [-0.2, -0.15) is 10.2 Å². The second-order valence-electron chi connectivity index (χ2n) is 46.9. The average Bonchev–Trinajstić information content (AvgIpc) is 1.66. The summed E-state index contributed by atoms with van der Waals surface area (Å²) in [6.45, 7) is 113. The van der Waals surface area contributed by atoms with Crippen molar-refractivity contribution in [1.82, 2.24) is 73.9 Å². The van der Waals surface area contributed by atoms with Crippen LogP contribution in [-0.4, -0.2) is 179 Å². The number of carbonyl (C=O) groups is 6. The van der Waals surface area contributed by atoms with E-state index in [4.69, 9.17) is 20.1 Å². The van der Waals surface area contributed by atoms with E-state index >= 15 is 0 Å². The molecule has 0 unspecified atom stereocenters. The molecule has 127 heavy (non-hydrogen) atoms. The molecule has 6 aliphatic heterocycles. The normalized spacial score (nSPS) is 20.2. The Morgan fingerprint density at radius 1 is 0.276 bits per heavy atom. The van der Waals surface area contributed by atoms with E-state index < -0.39 is 0 Å². The molecule has 0 bridgehead atoms. The van der Waals surface area contributed by atoms with Crippen LogP contribution < -0.4 is 0 Å². The molecule has 0 aliphatic carbocycles. The SMILES string of the molecule is CC(C)c1nc2c(s1)C(=O)N(C(C)C)C(C)(C)C2(C)C.CC(C)c1nc2c(s1)C(C)(C)C(C)(C)N(C(C)C)C2=O.CC(C)c1nc2n(n1)C(C)(C)C(C)(C)N(C(C)C)C2=O.Cc1c(C(C)C)nc2c(c1C)C(C)(C)C(C)(C)N(C(C)C)C2=O.Cc1c(C(C)C)nn2c1C(=O)N(C(C)C)C(C)(C)C2(C)C.Cc1nc(C(C)C)c(C)c2c1C(C)(C)C(C)(C)N(C(C)C)C2=O. The zero-order chi connectivity index (χ0) is 98.5. The van der Waals surface area contributed by atoms with Crippen molar-refractivity contribution < 1.29 is 28.8 Å². The van der Waals surface area contributed by atoms with Gasteiger partial charge in [0.25, 0.3) is 35.4 Å². The minimum atomic E-state index is -0.326. The molecule has 0 atom stereocenters. The minimum absolute atomic E-state index is 0.0243. The molecule has 12 rings (SSSR count). The zero-order valence-corrected chi connectivity index (χ0v) is 91.0. The lowest BCUT2D eigenvalue weighted by Gasteiger charge is -2.56. The van der Waals surface area contributed by atoms with E-state index in [1.807, 2.05) is 68.5 Å². The first kappa shape index (κ1) is 107. The maximum Gasteiger partial charge on any atom is 0.292 e. The molecular weight excluding hydrogens is 1620 g/mol. The van der Waals surface area contributed by atoms with E-state index in [-0.39, 0.29) is 144 Å². The Morgan fingerprint density at radius 2 is 0.638 bits per heavy atom. The Balaban J connectivity index is 0.000000209. The van der Waals surface area contributed by atoms with Gasteiger partial charge in [0.2, 0.25) is 5.82 Å². The molecule has 0 radical (unpaired) electrons. The summed E-state index contributed by atoms with van der Waals surface area (Å²) in [5, 5.41) is 11.5. The number of carbonyl (C=O) groups excluding carboxylic acids is 6. The third-order valence-electron chi connectivity index (χ3n) is 31.5.